The number of likely N-dealkylation sites (N-methyl/N-ethyl adjacent to an activating group) is 1. The van der Waals surface area contributed by atoms with Crippen LogP contribution >= 0.6 is 7.82 Å². The van der Waals surface area contributed by atoms with Crippen LogP contribution in [0.15, 0.2) is 134 Å². The highest BCUT2D eigenvalue weighted by molar-refractivity contribution is 7.47. The topological polar surface area (TPSA) is 108 Å². The van der Waals surface area contributed by atoms with Gasteiger partial charge >= 0.3 is 19.8 Å². The zero-order valence-electron chi connectivity index (χ0n) is 50.3. The fraction of sp³-hybridized carbons (Fsp3) is 0.647. The number of unbranched alkanes of at least 4 members (excludes halogenated alkanes) is 19. The molecule has 0 spiro atoms. The molecule has 0 saturated carbocycles. The van der Waals surface area contributed by atoms with E-state index in [-0.39, 0.29) is 32.0 Å². The Balaban J connectivity index is 4.21. The Labute approximate surface area is 479 Å². The SMILES string of the molecule is CC/C=C\C/C=C\C/C=C\C/C=C\C/C=C\C/C=C\C/C=C\CCCCCCCC(=O)OC(COC(=O)CCCCCCCCCCCCCCCC/C=C\C/C=C\C/C=C\C/C=C\CC)COP(=O)(O)OCC[N+](C)(C)C. The molecule has 0 heterocycles. The van der Waals surface area contributed by atoms with Gasteiger partial charge in [-0.05, 0) is 109 Å². The van der Waals surface area contributed by atoms with Crippen molar-refractivity contribution in [3.05, 3.63) is 134 Å². The van der Waals surface area contributed by atoms with Gasteiger partial charge in [-0.3, -0.25) is 18.6 Å². The highest BCUT2D eigenvalue weighted by Gasteiger charge is 2.27. The first-order valence-electron chi connectivity index (χ1n) is 30.9. The maximum absolute atomic E-state index is 12.8. The predicted octanol–water partition coefficient (Wildman–Crippen LogP) is 19.7. The molecule has 0 aromatic rings. The summed E-state index contributed by atoms with van der Waals surface area (Å²) < 4.78 is 34.6. The Morgan fingerprint density at radius 2 is 0.692 bits per heavy atom. The van der Waals surface area contributed by atoms with Gasteiger partial charge in [-0.25, -0.2) is 4.57 Å². The summed E-state index contributed by atoms with van der Waals surface area (Å²) in [6.45, 7) is 4.18. The predicted molar refractivity (Wildman–Crippen MR) is 334 cm³/mol. The summed E-state index contributed by atoms with van der Waals surface area (Å²) in [5.74, 6) is -0.827. The summed E-state index contributed by atoms with van der Waals surface area (Å²) in [6, 6.07) is 0. The van der Waals surface area contributed by atoms with Gasteiger partial charge in [0.1, 0.15) is 19.8 Å². The molecule has 0 rings (SSSR count). The standard InChI is InChI=1S/C68H114NO8P/c1-6-8-10-12-14-16-18-20-22-24-26-28-30-32-34-36-38-40-42-44-46-48-50-52-54-56-58-60-67(70)74-64-66(65-76-78(72,73)75-63-62-69(3,4)5)77-68(71)61-59-57-55-53-51-49-47-45-43-41-39-37-35-33-31-29-27-25-23-21-19-17-15-13-11-9-7-2/h8-11,14-17,20-23,26-29,33,35,39,41,45,47,66H,6-7,12-13,18-19,24-25,30-32,34,36-38,40,42-44,46,48-65H2,1-5H3/p+1/b10-8-,11-9-,16-14-,17-15-,22-20-,23-21-,28-26-,29-27-,35-33-,41-39-,47-45-. The molecule has 2 atom stereocenters. The first-order valence-corrected chi connectivity index (χ1v) is 32.4. The minimum absolute atomic E-state index is 0.0205. The van der Waals surface area contributed by atoms with Gasteiger partial charge in [0.15, 0.2) is 6.10 Å². The molecule has 9 nitrogen and oxygen atoms in total. The molecule has 0 saturated heterocycles. The average Bonchev–Trinajstić information content (AvgIpc) is 3.41. The van der Waals surface area contributed by atoms with Gasteiger partial charge in [-0.2, -0.15) is 0 Å². The van der Waals surface area contributed by atoms with E-state index in [9.17, 15) is 19.0 Å². The fourth-order valence-electron chi connectivity index (χ4n) is 7.99. The Morgan fingerprint density at radius 3 is 1.03 bits per heavy atom. The Kier molecular flexibility index (Phi) is 55.0. The van der Waals surface area contributed by atoms with Crippen molar-refractivity contribution in [1.82, 2.24) is 0 Å². The molecular formula is C68H115NO8P+. The van der Waals surface area contributed by atoms with Crippen LogP contribution in [0.3, 0.4) is 0 Å². The molecule has 10 heteroatoms. The second-order valence-electron chi connectivity index (χ2n) is 21.3. The van der Waals surface area contributed by atoms with E-state index in [2.05, 4.69) is 148 Å². The largest absolute Gasteiger partial charge is 0.472 e. The molecule has 0 aliphatic heterocycles. The minimum Gasteiger partial charge on any atom is -0.462 e. The van der Waals surface area contributed by atoms with E-state index in [1.54, 1.807) is 0 Å². The van der Waals surface area contributed by atoms with Crippen LogP contribution in [0.2, 0.25) is 0 Å². The highest BCUT2D eigenvalue weighted by atomic mass is 31.2. The second-order valence-corrected chi connectivity index (χ2v) is 22.8. The van der Waals surface area contributed by atoms with E-state index in [1.807, 2.05) is 21.1 Å². The number of allylic oxidation sites excluding steroid dienone is 22. The molecule has 0 fully saturated rings. The first-order chi connectivity index (χ1) is 38.0. The van der Waals surface area contributed by atoms with Gasteiger partial charge in [0.25, 0.3) is 0 Å². The van der Waals surface area contributed by atoms with E-state index in [0.29, 0.717) is 17.4 Å². The third-order valence-electron chi connectivity index (χ3n) is 12.7. The van der Waals surface area contributed by atoms with Crippen molar-refractivity contribution in [3.63, 3.8) is 0 Å². The maximum atomic E-state index is 12.8. The zero-order valence-corrected chi connectivity index (χ0v) is 51.2. The van der Waals surface area contributed by atoms with E-state index in [0.717, 1.165) is 122 Å². The zero-order chi connectivity index (χ0) is 57.0. The van der Waals surface area contributed by atoms with E-state index in [4.69, 9.17) is 18.5 Å². The Bertz CT molecular complexity index is 1780. The van der Waals surface area contributed by atoms with Crippen molar-refractivity contribution in [3.8, 4) is 0 Å². The van der Waals surface area contributed by atoms with E-state index >= 15 is 0 Å². The third-order valence-corrected chi connectivity index (χ3v) is 13.7. The van der Waals surface area contributed by atoms with Gasteiger partial charge in [0, 0.05) is 12.8 Å². The second kappa shape index (κ2) is 57.8. The Hall–Kier alpha value is -3.85. The lowest BCUT2D eigenvalue weighted by molar-refractivity contribution is -0.870. The monoisotopic (exact) mass is 1100 g/mol. The van der Waals surface area contributed by atoms with Crippen molar-refractivity contribution in [1.29, 1.82) is 0 Å². The van der Waals surface area contributed by atoms with Gasteiger partial charge in [0.2, 0.25) is 0 Å². The maximum Gasteiger partial charge on any atom is 0.472 e. The summed E-state index contributed by atoms with van der Waals surface area (Å²) in [5, 5.41) is 0. The Morgan fingerprint density at radius 1 is 0.397 bits per heavy atom. The normalized spacial score (nSPS) is 14.2. The minimum atomic E-state index is -4.40. The lowest BCUT2D eigenvalue weighted by Crippen LogP contribution is -2.37. The number of carbonyl (C=O) groups excluding carboxylic acids is 2. The van der Waals surface area contributed by atoms with Crippen molar-refractivity contribution in [2.24, 2.45) is 0 Å². The number of hydrogen-bond donors (Lipinski definition) is 1. The number of esters is 2. The number of rotatable bonds is 55. The first kappa shape index (κ1) is 74.2. The molecule has 0 radical (unpaired) electrons. The van der Waals surface area contributed by atoms with Gasteiger partial charge < -0.3 is 18.9 Å². The highest BCUT2D eigenvalue weighted by Crippen LogP contribution is 2.43. The summed E-state index contributed by atoms with van der Waals surface area (Å²) in [7, 11) is 1.45. The van der Waals surface area contributed by atoms with Crippen LogP contribution in [0.4, 0.5) is 0 Å². The number of phosphoric acid groups is 1. The number of phosphoric ester groups is 1. The van der Waals surface area contributed by atoms with E-state index in [1.165, 1.54) is 77.0 Å². The van der Waals surface area contributed by atoms with Crippen molar-refractivity contribution < 1.29 is 42.1 Å². The molecule has 0 amide bonds. The lowest BCUT2D eigenvalue weighted by atomic mass is 10.0. The molecule has 0 aliphatic rings. The van der Waals surface area contributed by atoms with Crippen LogP contribution < -0.4 is 0 Å². The van der Waals surface area contributed by atoms with Crippen molar-refractivity contribution in [2.45, 2.75) is 238 Å². The molecule has 0 aliphatic carbocycles. The van der Waals surface area contributed by atoms with Crippen molar-refractivity contribution in [2.75, 3.05) is 47.5 Å². The number of nitrogens with zero attached hydrogens (tertiary/aromatic N) is 1. The van der Waals surface area contributed by atoms with Crippen molar-refractivity contribution >= 4 is 19.8 Å². The van der Waals surface area contributed by atoms with Crippen LogP contribution in [0.1, 0.15) is 232 Å². The number of hydrogen-bond acceptors (Lipinski definition) is 7. The molecular weight excluding hydrogens is 990 g/mol. The quantitative estimate of drug-likeness (QED) is 0.0211. The molecule has 2 unspecified atom stereocenters. The number of carbonyl (C=O) groups is 2. The van der Waals surface area contributed by atoms with Gasteiger partial charge in [-0.1, -0.05) is 244 Å². The smallest absolute Gasteiger partial charge is 0.462 e. The van der Waals surface area contributed by atoms with Gasteiger partial charge in [-0.15, -0.1) is 0 Å². The van der Waals surface area contributed by atoms with Crippen LogP contribution in [0.5, 0.6) is 0 Å². The summed E-state index contributed by atoms with van der Waals surface area (Å²) in [6.07, 6.45) is 83.8. The molecule has 0 bridgehead atoms. The van der Waals surface area contributed by atoms with Gasteiger partial charge in [0.05, 0.1) is 27.7 Å². The summed E-state index contributed by atoms with van der Waals surface area (Å²) in [4.78, 5) is 35.8. The molecule has 444 valence electrons. The summed E-state index contributed by atoms with van der Waals surface area (Å²) >= 11 is 0. The molecule has 78 heavy (non-hydrogen) atoms. The number of ether oxygens (including phenoxy) is 2. The molecule has 0 aromatic heterocycles. The lowest BCUT2D eigenvalue weighted by Gasteiger charge is -2.24. The summed E-state index contributed by atoms with van der Waals surface area (Å²) in [5.41, 5.74) is 0. The van der Waals surface area contributed by atoms with Crippen LogP contribution in [0.25, 0.3) is 0 Å². The fourth-order valence-corrected chi connectivity index (χ4v) is 8.73. The third kappa shape index (κ3) is 61.4. The average molecular weight is 1110 g/mol. The number of quaternary nitrogens is 1. The van der Waals surface area contributed by atoms with Crippen LogP contribution in [0, 0.1) is 0 Å². The van der Waals surface area contributed by atoms with E-state index < -0.39 is 26.5 Å². The van der Waals surface area contributed by atoms with Crippen LogP contribution in [-0.2, 0) is 32.7 Å². The molecule has 1 N–H and O–H groups in total. The van der Waals surface area contributed by atoms with Crippen LogP contribution in [-0.4, -0.2) is 74.9 Å². The molecule has 0 aromatic carbocycles.